The number of nitrogens with zero attached hydrogens (tertiary/aromatic N) is 2. The first-order valence-electron chi connectivity index (χ1n) is 8.55. The fourth-order valence-electron chi connectivity index (χ4n) is 3.03. The summed E-state index contributed by atoms with van der Waals surface area (Å²) in [6, 6.07) is 5.62. The maximum atomic E-state index is 12.4. The maximum Gasteiger partial charge on any atom is 0.410 e. The molecule has 0 unspecified atom stereocenters. The monoisotopic (exact) mass is 578 g/mol. The third kappa shape index (κ3) is 4.20. The van der Waals surface area contributed by atoms with Gasteiger partial charge in [-0.25, -0.2) is 9.59 Å². The highest BCUT2D eigenvalue weighted by Gasteiger charge is 2.28. The Kier molecular flexibility index (Phi) is 6.35. The van der Waals surface area contributed by atoms with Crippen LogP contribution in [0.4, 0.5) is 4.79 Å². The van der Waals surface area contributed by atoms with Crippen LogP contribution in [-0.2, 0) is 9.47 Å². The van der Waals surface area contributed by atoms with Crippen molar-refractivity contribution >= 4 is 74.8 Å². The standard InChI is InChI=1S/C19H20BrIN2O4S/c1-19(2,3)27-18(25)22-8-7-11(10-22)15-9-13-14(20)6-5-12(17(24)26-4)16(13)23(15)28-21/h5-7,9H,8,10H2,1-4H3. The Balaban J connectivity index is 2.00. The molecule has 2 heterocycles. The Morgan fingerprint density at radius 3 is 2.61 bits per heavy atom. The normalized spacial score (nSPS) is 14.4. The van der Waals surface area contributed by atoms with Gasteiger partial charge in [0.15, 0.2) is 0 Å². The molecule has 1 amide bonds. The summed E-state index contributed by atoms with van der Waals surface area (Å²) < 4.78 is 13.3. The number of ether oxygens (including phenoxy) is 2. The Hall–Kier alpha value is -1.20. The van der Waals surface area contributed by atoms with E-state index in [2.05, 4.69) is 37.1 Å². The van der Waals surface area contributed by atoms with E-state index in [9.17, 15) is 9.59 Å². The molecule has 0 N–H and O–H groups in total. The number of aromatic nitrogens is 1. The highest BCUT2D eigenvalue weighted by molar-refractivity contribution is 14.2. The Morgan fingerprint density at radius 2 is 2.00 bits per heavy atom. The molecule has 1 aliphatic heterocycles. The zero-order valence-corrected chi connectivity index (χ0v) is 20.5. The van der Waals surface area contributed by atoms with Gasteiger partial charge in [0.05, 0.1) is 30.4 Å². The van der Waals surface area contributed by atoms with Crippen LogP contribution in [0, 0.1) is 0 Å². The van der Waals surface area contributed by atoms with E-state index in [0.29, 0.717) is 18.7 Å². The molecule has 0 spiro atoms. The molecule has 0 saturated carbocycles. The molecule has 1 aromatic heterocycles. The van der Waals surface area contributed by atoms with E-state index in [4.69, 9.17) is 9.47 Å². The number of hydrogen-bond acceptors (Lipinski definition) is 5. The van der Waals surface area contributed by atoms with Crippen LogP contribution in [0.3, 0.4) is 0 Å². The number of hydrogen-bond donors (Lipinski definition) is 0. The van der Waals surface area contributed by atoms with Crippen LogP contribution in [-0.4, -0.2) is 46.7 Å². The molecule has 0 radical (unpaired) electrons. The van der Waals surface area contributed by atoms with Crippen molar-refractivity contribution in [3.05, 3.63) is 40.0 Å². The Bertz CT molecular complexity index is 980. The van der Waals surface area contributed by atoms with Gasteiger partial charge in [-0.1, -0.05) is 22.0 Å². The second kappa shape index (κ2) is 8.27. The number of rotatable bonds is 3. The lowest BCUT2D eigenvalue weighted by Crippen LogP contribution is -2.35. The molecule has 2 aromatic rings. The number of amides is 1. The number of fused-ring (bicyclic) bond motifs is 1. The molecule has 0 fully saturated rings. The van der Waals surface area contributed by atoms with Crippen molar-refractivity contribution in [1.82, 2.24) is 8.87 Å². The van der Waals surface area contributed by atoms with E-state index in [1.165, 1.54) is 16.2 Å². The van der Waals surface area contributed by atoms with Crippen molar-refractivity contribution in [1.29, 1.82) is 0 Å². The van der Waals surface area contributed by atoms with Crippen LogP contribution in [0.15, 0.2) is 28.7 Å². The van der Waals surface area contributed by atoms with E-state index in [1.54, 1.807) is 11.0 Å². The van der Waals surface area contributed by atoms with Gasteiger partial charge in [0.1, 0.15) is 5.60 Å². The van der Waals surface area contributed by atoms with Crippen LogP contribution in [0.1, 0.15) is 36.8 Å². The molecular formula is C19H20BrIN2O4S. The number of carbonyl (C=O) groups is 2. The van der Waals surface area contributed by atoms with Gasteiger partial charge in [0, 0.05) is 46.7 Å². The van der Waals surface area contributed by atoms with Crippen LogP contribution >= 0.6 is 46.3 Å². The first-order chi connectivity index (χ1) is 13.2. The second-order valence-electron chi connectivity index (χ2n) is 7.33. The number of carbonyl (C=O) groups excluding carboxylic acids is 2. The minimum absolute atomic E-state index is 0.333. The number of halogens is 2. The molecular weight excluding hydrogens is 559 g/mol. The average molecular weight is 579 g/mol. The minimum atomic E-state index is -0.535. The Labute approximate surface area is 188 Å². The molecule has 28 heavy (non-hydrogen) atoms. The first-order valence-corrected chi connectivity index (χ1v) is 12.7. The second-order valence-corrected chi connectivity index (χ2v) is 9.87. The van der Waals surface area contributed by atoms with E-state index < -0.39 is 5.60 Å². The predicted molar refractivity (Wildman–Crippen MR) is 124 cm³/mol. The molecule has 0 bridgehead atoms. The number of methoxy groups -OCH3 is 1. The summed E-state index contributed by atoms with van der Waals surface area (Å²) in [7, 11) is 2.85. The van der Waals surface area contributed by atoms with Gasteiger partial charge in [0.25, 0.3) is 0 Å². The fraction of sp³-hybridized carbons (Fsp3) is 0.368. The smallest absolute Gasteiger partial charge is 0.410 e. The Morgan fingerprint density at radius 1 is 1.29 bits per heavy atom. The zero-order chi connectivity index (χ0) is 20.6. The molecule has 3 rings (SSSR count). The molecule has 9 heteroatoms. The third-order valence-electron chi connectivity index (χ3n) is 4.24. The van der Waals surface area contributed by atoms with Crippen molar-refractivity contribution < 1.29 is 19.1 Å². The van der Waals surface area contributed by atoms with Gasteiger partial charge < -0.3 is 14.4 Å². The SMILES string of the molecule is COC(=O)c1ccc(Br)c2cc(C3=CCN(C(=O)OC(C)(C)C)C3)n(SI)c12. The third-order valence-corrected chi connectivity index (χ3v) is 6.63. The fourth-order valence-corrected chi connectivity index (χ4v) is 5.20. The van der Waals surface area contributed by atoms with Gasteiger partial charge in [0.2, 0.25) is 0 Å². The zero-order valence-electron chi connectivity index (χ0n) is 15.9. The highest BCUT2D eigenvalue weighted by Crippen LogP contribution is 2.38. The largest absolute Gasteiger partial charge is 0.465 e. The van der Waals surface area contributed by atoms with Gasteiger partial charge in [-0.05, 0) is 44.5 Å². The van der Waals surface area contributed by atoms with Gasteiger partial charge in [-0.3, -0.25) is 3.97 Å². The number of esters is 1. The molecule has 0 saturated heterocycles. The van der Waals surface area contributed by atoms with Gasteiger partial charge in [-0.15, -0.1) is 0 Å². The summed E-state index contributed by atoms with van der Waals surface area (Å²) in [5.74, 6) is -0.385. The van der Waals surface area contributed by atoms with Crippen molar-refractivity contribution in [2.24, 2.45) is 0 Å². The van der Waals surface area contributed by atoms with Crippen molar-refractivity contribution in [3.8, 4) is 0 Å². The summed E-state index contributed by atoms with van der Waals surface area (Å²) in [4.78, 5) is 26.3. The molecule has 1 aromatic carbocycles. The molecule has 6 nitrogen and oxygen atoms in total. The summed E-state index contributed by atoms with van der Waals surface area (Å²) in [6.07, 6.45) is 1.69. The van der Waals surface area contributed by atoms with Gasteiger partial charge in [-0.2, -0.15) is 0 Å². The molecule has 150 valence electrons. The first kappa shape index (κ1) is 21.5. The molecule has 0 atom stereocenters. The predicted octanol–water partition coefficient (Wildman–Crippen LogP) is 5.67. The average Bonchev–Trinajstić information content (AvgIpc) is 3.25. The lowest BCUT2D eigenvalue weighted by molar-refractivity contribution is 0.0306. The molecule has 1 aliphatic rings. The van der Waals surface area contributed by atoms with Crippen LogP contribution in [0.25, 0.3) is 16.5 Å². The lowest BCUT2D eigenvalue weighted by atomic mass is 10.1. The van der Waals surface area contributed by atoms with Crippen molar-refractivity contribution in [2.75, 3.05) is 20.2 Å². The maximum absolute atomic E-state index is 12.4. The molecule has 0 aliphatic carbocycles. The van der Waals surface area contributed by atoms with Crippen LogP contribution in [0.5, 0.6) is 0 Å². The summed E-state index contributed by atoms with van der Waals surface area (Å²) in [6.45, 7) is 6.50. The summed E-state index contributed by atoms with van der Waals surface area (Å²) >= 11 is 5.76. The minimum Gasteiger partial charge on any atom is -0.465 e. The summed E-state index contributed by atoms with van der Waals surface area (Å²) in [5.41, 5.74) is 2.70. The van der Waals surface area contributed by atoms with Crippen LogP contribution in [0.2, 0.25) is 0 Å². The van der Waals surface area contributed by atoms with E-state index in [-0.39, 0.29) is 12.1 Å². The quantitative estimate of drug-likeness (QED) is 0.347. The topological polar surface area (TPSA) is 60.8 Å². The van der Waals surface area contributed by atoms with E-state index in [0.717, 1.165) is 26.6 Å². The highest BCUT2D eigenvalue weighted by atomic mass is 127. The van der Waals surface area contributed by atoms with Gasteiger partial charge >= 0.3 is 12.1 Å². The van der Waals surface area contributed by atoms with Crippen LogP contribution < -0.4 is 0 Å². The van der Waals surface area contributed by atoms with E-state index >= 15 is 0 Å². The van der Waals surface area contributed by atoms with Crippen molar-refractivity contribution in [2.45, 2.75) is 26.4 Å². The number of benzene rings is 1. The lowest BCUT2D eigenvalue weighted by Gasteiger charge is -2.24. The van der Waals surface area contributed by atoms with Crippen molar-refractivity contribution in [3.63, 3.8) is 0 Å². The summed E-state index contributed by atoms with van der Waals surface area (Å²) in [5, 5.41) is 0.915. The van der Waals surface area contributed by atoms with E-state index in [1.807, 2.05) is 43.0 Å².